The smallest absolute Gasteiger partial charge is 0.416 e. The Bertz CT molecular complexity index is 664. The quantitative estimate of drug-likeness (QED) is 0.855. The summed E-state index contributed by atoms with van der Waals surface area (Å²) in [6.07, 6.45) is -3.55. The van der Waals surface area contributed by atoms with Crippen LogP contribution in [0.15, 0.2) is 24.3 Å². The highest BCUT2D eigenvalue weighted by molar-refractivity contribution is 5.86. The largest absolute Gasteiger partial charge is 0.481 e. The molecule has 3 unspecified atom stereocenters. The Hall–Kier alpha value is -2.05. The van der Waals surface area contributed by atoms with Crippen LogP contribution < -0.4 is 5.32 Å². The highest BCUT2D eigenvalue weighted by Crippen LogP contribution is 2.39. The highest BCUT2D eigenvalue weighted by Gasteiger charge is 2.43. The van der Waals surface area contributed by atoms with Crippen molar-refractivity contribution in [1.82, 2.24) is 5.32 Å². The summed E-state index contributed by atoms with van der Waals surface area (Å²) < 4.78 is 38.9. The molecule has 1 aromatic carbocycles. The number of amides is 1. The van der Waals surface area contributed by atoms with Crippen molar-refractivity contribution < 1.29 is 27.9 Å². The Labute approximate surface area is 144 Å². The fraction of sp³-hybridized carbons (Fsp3) is 0.556. The maximum atomic E-state index is 13.0. The maximum absolute atomic E-state index is 13.0. The van der Waals surface area contributed by atoms with Crippen LogP contribution >= 0.6 is 0 Å². The Morgan fingerprint density at radius 1 is 1.16 bits per heavy atom. The molecule has 7 heteroatoms. The minimum atomic E-state index is -4.47. The second kappa shape index (κ2) is 6.69. The molecular formula is C18H22F3NO3. The second-order valence-electron chi connectivity index (χ2n) is 7.56. The Morgan fingerprint density at radius 2 is 1.76 bits per heavy atom. The molecule has 0 saturated heterocycles. The number of nitrogens with one attached hydrogen (secondary N) is 1. The van der Waals surface area contributed by atoms with Crippen molar-refractivity contribution in [1.29, 1.82) is 0 Å². The number of halogens is 3. The van der Waals surface area contributed by atoms with Crippen molar-refractivity contribution >= 4 is 11.9 Å². The normalized spacial score (nSPS) is 22.0. The van der Waals surface area contributed by atoms with E-state index in [0.717, 1.165) is 12.1 Å². The van der Waals surface area contributed by atoms with Crippen molar-refractivity contribution in [2.24, 2.45) is 17.3 Å². The van der Waals surface area contributed by atoms with E-state index in [2.05, 4.69) is 5.32 Å². The number of aliphatic carboxylic acids is 1. The third-order valence-electron chi connectivity index (χ3n) is 4.63. The van der Waals surface area contributed by atoms with Crippen molar-refractivity contribution in [3.05, 3.63) is 35.4 Å². The average molecular weight is 357 g/mol. The molecule has 1 amide bonds. The molecule has 1 aliphatic rings. The van der Waals surface area contributed by atoms with Crippen LogP contribution in [-0.2, 0) is 15.8 Å². The zero-order valence-corrected chi connectivity index (χ0v) is 14.4. The fourth-order valence-corrected chi connectivity index (χ4v) is 3.05. The predicted octanol–water partition coefficient (Wildman–Crippen LogP) is 4.02. The lowest BCUT2D eigenvalue weighted by Crippen LogP contribution is -2.47. The Kier molecular flexibility index (Phi) is 5.16. The first-order valence-electron chi connectivity index (χ1n) is 8.11. The van der Waals surface area contributed by atoms with Crippen LogP contribution in [0.2, 0.25) is 0 Å². The zero-order chi connectivity index (χ0) is 19.0. The molecule has 1 fully saturated rings. The summed E-state index contributed by atoms with van der Waals surface area (Å²) in [6, 6.07) is 4.22. The van der Waals surface area contributed by atoms with Crippen LogP contribution in [0.25, 0.3) is 0 Å². The van der Waals surface area contributed by atoms with Gasteiger partial charge in [0.2, 0.25) is 5.91 Å². The first-order valence-corrected chi connectivity index (χ1v) is 8.11. The summed E-state index contributed by atoms with van der Waals surface area (Å²) >= 11 is 0. The van der Waals surface area contributed by atoms with E-state index in [4.69, 9.17) is 5.11 Å². The SMILES string of the molecule is CC(C)(C)C(NC(=O)C1CCC1C(=O)O)c1cccc(C(F)(F)F)c1. The van der Waals surface area contributed by atoms with Gasteiger partial charge in [-0.15, -0.1) is 0 Å². The molecule has 2 rings (SSSR count). The van der Waals surface area contributed by atoms with E-state index in [-0.39, 0.29) is 0 Å². The van der Waals surface area contributed by atoms with E-state index in [1.165, 1.54) is 6.07 Å². The summed E-state index contributed by atoms with van der Waals surface area (Å²) in [6.45, 7) is 5.44. The van der Waals surface area contributed by atoms with E-state index in [0.29, 0.717) is 18.4 Å². The second-order valence-corrected chi connectivity index (χ2v) is 7.56. The third-order valence-corrected chi connectivity index (χ3v) is 4.63. The summed E-state index contributed by atoms with van der Waals surface area (Å²) in [5.41, 5.74) is -0.968. The van der Waals surface area contributed by atoms with E-state index in [9.17, 15) is 22.8 Å². The first-order chi connectivity index (χ1) is 11.4. The topological polar surface area (TPSA) is 66.4 Å². The number of hydrogen-bond donors (Lipinski definition) is 2. The van der Waals surface area contributed by atoms with E-state index < -0.39 is 46.9 Å². The van der Waals surface area contributed by atoms with Crippen molar-refractivity contribution in [3.8, 4) is 0 Å². The fourth-order valence-electron chi connectivity index (χ4n) is 3.05. The van der Waals surface area contributed by atoms with Gasteiger partial charge in [-0.2, -0.15) is 13.2 Å². The molecule has 0 aliphatic heterocycles. The summed E-state index contributed by atoms with van der Waals surface area (Å²) in [7, 11) is 0. The summed E-state index contributed by atoms with van der Waals surface area (Å²) in [4.78, 5) is 23.6. The Balaban J connectivity index is 2.26. The lowest BCUT2D eigenvalue weighted by atomic mass is 9.72. The molecule has 0 spiro atoms. The molecule has 0 heterocycles. The van der Waals surface area contributed by atoms with Crippen LogP contribution in [0.5, 0.6) is 0 Å². The van der Waals surface area contributed by atoms with Gasteiger partial charge in [-0.3, -0.25) is 9.59 Å². The molecule has 1 aromatic rings. The van der Waals surface area contributed by atoms with E-state index in [1.54, 1.807) is 6.07 Å². The molecule has 25 heavy (non-hydrogen) atoms. The third kappa shape index (κ3) is 4.32. The standard InChI is InChI=1S/C18H22F3NO3/c1-17(2,3)14(10-5-4-6-11(9-10)18(19,20)21)22-15(23)12-7-8-13(12)16(24)25/h4-6,9,12-14H,7-8H2,1-3H3,(H,22,23)(H,24,25). The number of carbonyl (C=O) groups excluding carboxylic acids is 1. The van der Waals surface area contributed by atoms with Crippen LogP contribution in [0.4, 0.5) is 13.2 Å². The number of carboxylic acids is 1. The van der Waals surface area contributed by atoms with Gasteiger partial charge in [0.25, 0.3) is 0 Å². The van der Waals surface area contributed by atoms with E-state index >= 15 is 0 Å². The van der Waals surface area contributed by atoms with Gasteiger partial charge in [0.15, 0.2) is 0 Å². The van der Waals surface area contributed by atoms with Gasteiger partial charge >= 0.3 is 12.1 Å². The highest BCUT2D eigenvalue weighted by atomic mass is 19.4. The van der Waals surface area contributed by atoms with E-state index in [1.807, 2.05) is 20.8 Å². The van der Waals surface area contributed by atoms with Crippen molar-refractivity contribution in [3.63, 3.8) is 0 Å². The van der Waals surface area contributed by atoms with Crippen molar-refractivity contribution in [2.45, 2.75) is 45.8 Å². The number of carbonyl (C=O) groups is 2. The molecule has 138 valence electrons. The first kappa shape index (κ1) is 19.3. The van der Waals surface area contributed by atoms with Crippen LogP contribution in [0.3, 0.4) is 0 Å². The molecule has 2 N–H and O–H groups in total. The number of hydrogen-bond acceptors (Lipinski definition) is 2. The molecule has 4 nitrogen and oxygen atoms in total. The van der Waals surface area contributed by atoms with Gasteiger partial charge in [0.05, 0.1) is 23.4 Å². The lowest BCUT2D eigenvalue weighted by molar-refractivity contribution is -0.153. The maximum Gasteiger partial charge on any atom is 0.416 e. The number of rotatable bonds is 4. The van der Waals surface area contributed by atoms with Gasteiger partial charge in [-0.1, -0.05) is 32.9 Å². The number of carboxylic acid groups (broad SMARTS) is 1. The monoisotopic (exact) mass is 357 g/mol. The molecule has 1 saturated carbocycles. The molecule has 0 radical (unpaired) electrons. The predicted molar refractivity (Wildman–Crippen MR) is 85.6 cm³/mol. The summed E-state index contributed by atoms with van der Waals surface area (Å²) in [5, 5.41) is 11.9. The van der Waals surface area contributed by atoms with Gasteiger partial charge in [0.1, 0.15) is 0 Å². The van der Waals surface area contributed by atoms with Gasteiger partial charge in [-0.25, -0.2) is 0 Å². The summed E-state index contributed by atoms with van der Waals surface area (Å²) in [5.74, 6) is -2.79. The average Bonchev–Trinajstić information content (AvgIpc) is 2.41. The lowest BCUT2D eigenvalue weighted by Gasteiger charge is -2.37. The van der Waals surface area contributed by atoms with Gasteiger partial charge < -0.3 is 10.4 Å². The molecule has 0 bridgehead atoms. The Morgan fingerprint density at radius 3 is 2.20 bits per heavy atom. The van der Waals surface area contributed by atoms with Crippen LogP contribution in [-0.4, -0.2) is 17.0 Å². The minimum Gasteiger partial charge on any atom is -0.481 e. The number of alkyl halides is 3. The molecule has 1 aliphatic carbocycles. The molecule has 3 atom stereocenters. The van der Waals surface area contributed by atoms with Crippen LogP contribution in [0, 0.1) is 17.3 Å². The molecule has 0 aromatic heterocycles. The minimum absolute atomic E-state index is 0.349. The zero-order valence-electron chi connectivity index (χ0n) is 14.4. The number of benzene rings is 1. The van der Waals surface area contributed by atoms with Gasteiger partial charge in [-0.05, 0) is 36.0 Å². The van der Waals surface area contributed by atoms with Crippen molar-refractivity contribution in [2.75, 3.05) is 0 Å². The molecular weight excluding hydrogens is 335 g/mol. The van der Waals surface area contributed by atoms with Crippen LogP contribution in [0.1, 0.15) is 50.8 Å². The van der Waals surface area contributed by atoms with Gasteiger partial charge in [0, 0.05) is 0 Å².